The highest BCUT2D eigenvalue weighted by Gasteiger charge is 2.26. The van der Waals surface area contributed by atoms with Gasteiger partial charge in [-0.05, 0) is 26.0 Å². The number of amides is 2. The van der Waals surface area contributed by atoms with Gasteiger partial charge in [0.1, 0.15) is 5.54 Å². The van der Waals surface area contributed by atoms with Crippen molar-refractivity contribution in [3.05, 3.63) is 30.3 Å². The lowest BCUT2D eigenvalue weighted by atomic mass is 10.1. The van der Waals surface area contributed by atoms with Crippen LogP contribution in [0.15, 0.2) is 30.3 Å². The number of halogens is 1. The molecular weight excluding hydrogens is 254 g/mol. The van der Waals surface area contributed by atoms with Crippen molar-refractivity contribution >= 4 is 29.9 Å². The van der Waals surface area contributed by atoms with Crippen LogP contribution in [0.5, 0.6) is 0 Å². The summed E-state index contributed by atoms with van der Waals surface area (Å²) in [6.45, 7) is 3.23. The fourth-order valence-corrected chi connectivity index (χ4v) is 1.19. The molecule has 2 amide bonds. The first-order chi connectivity index (χ1) is 7.92. The lowest BCUT2D eigenvalue weighted by Gasteiger charge is -2.22. The lowest BCUT2D eigenvalue weighted by molar-refractivity contribution is -0.129. The maximum atomic E-state index is 11.6. The van der Waals surface area contributed by atoms with E-state index >= 15 is 0 Å². The number of rotatable bonds is 5. The second-order valence-corrected chi connectivity index (χ2v) is 4.26. The van der Waals surface area contributed by atoms with E-state index in [1.54, 1.807) is 13.8 Å². The van der Waals surface area contributed by atoms with Crippen LogP contribution < -0.4 is 16.4 Å². The highest BCUT2D eigenvalue weighted by Crippen LogP contribution is 2.04. The van der Waals surface area contributed by atoms with Gasteiger partial charge in [0.25, 0.3) is 0 Å². The summed E-state index contributed by atoms with van der Waals surface area (Å²) >= 11 is 0. The van der Waals surface area contributed by atoms with E-state index in [2.05, 4.69) is 10.6 Å². The van der Waals surface area contributed by atoms with E-state index in [4.69, 9.17) is 5.73 Å². The van der Waals surface area contributed by atoms with Gasteiger partial charge in [0.05, 0.1) is 6.54 Å². The molecule has 0 aliphatic rings. The quantitative estimate of drug-likeness (QED) is 0.744. The Kier molecular flexibility index (Phi) is 6.19. The molecule has 6 heteroatoms. The summed E-state index contributed by atoms with van der Waals surface area (Å²) in [6, 6.07) is 9.33. The van der Waals surface area contributed by atoms with Gasteiger partial charge in [0.2, 0.25) is 11.8 Å². The fraction of sp³-hybridized carbons (Fsp3) is 0.333. The Morgan fingerprint density at radius 3 is 2.28 bits per heavy atom. The molecule has 0 heterocycles. The molecule has 5 nitrogen and oxygen atoms in total. The van der Waals surface area contributed by atoms with Gasteiger partial charge in [-0.2, -0.15) is 0 Å². The van der Waals surface area contributed by atoms with Crippen molar-refractivity contribution in [1.29, 1.82) is 0 Å². The van der Waals surface area contributed by atoms with Crippen LogP contribution >= 0.6 is 12.4 Å². The van der Waals surface area contributed by atoms with Crippen molar-refractivity contribution in [2.75, 3.05) is 11.9 Å². The van der Waals surface area contributed by atoms with Crippen LogP contribution in [0, 0.1) is 0 Å². The molecule has 18 heavy (non-hydrogen) atoms. The average molecular weight is 272 g/mol. The normalized spacial score (nSPS) is 10.1. The van der Waals surface area contributed by atoms with Crippen molar-refractivity contribution < 1.29 is 9.59 Å². The summed E-state index contributed by atoms with van der Waals surface area (Å²) in [6.07, 6.45) is 0. The molecule has 0 atom stereocenters. The Morgan fingerprint density at radius 1 is 1.22 bits per heavy atom. The Morgan fingerprint density at radius 2 is 1.78 bits per heavy atom. The third-order valence-corrected chi connectivity index (χ3v) is 2.29. The zero-order valence-corrected chi connectivity index (χ0v) is 11.2. The number of primary amides is 1. The second-order valence-electron chi connectivity index (χ2n) is 4.26. The second kappa shape index (κ2) is 6.86. The SMILES string of the molecule is CC(C)(NC(=O)CNc1ccccc1)C(N)=O.Cl. The van der Waals surface area contributed by atoms with Gasteiger partial charge < -0.3 is 16.4 Å². The van der Waals surface area contributed by atoms with Crippen molar-refractivity contribution in [2.24, 2.45) is 5.73 Å². The molecule has 0 aliphatic heterocycles. The van der Waals surface area contributed by atoms with Crippen LogP contribution in [-0.2, 0) is 9.59 Å². The zero-order chi connectivity index (χ0) is 12.9. The molecule has 1 rings (SSSR count). The topological polar surface area (TPSA) is 84.2 Å². The molecule has 100 valence electrons. The number of nitrogens with two attached hydrogens (primary N) is 1. The van der Waals surface area contributed by atoms with Crippen LogP contribution in [0.4, 0.5) is 5.69 Å². The van der Waals surface area contributed by atoms with Gasteiger partial charge in [-0.3, -0.25) is 9.59 Å². The summed E-state index contributed by atoms with van der Waals surface area (Å²) in [7, 11) is 0. The predicted molar refractivity (Wildman–Crippen MR) is 73.6 cm³/mol. The van der Waals surface area contributed by atoms with Crippen molar-refractivity contribution in [3.8, 4) is 0 Å². The van der Waals surface area contributed by atoms with Gasteiger partial charge >= 0.3 is 0 Å². The average Bonchev–Trinajstić information content (AvgIpc) is 2.27. The molecule has 0 radical (unpaired) electrons. The van der Waals surface area contributed by atoms with Crippen LogP contribution in [0.2, 0.25) is 0 Å². The molecule has 1 aromatic carbocycles. The molecule has 0 unspecified atom stereocenters. The molecule has 0 saturated carbocycles. The molecule has 0 saturated heterocycles. The molecule has 0 aliphatic carbocycles. The number of nitrogens with one attached hydrogen (secondary N) is 2. The first-order valence-corrected chi connectivity index (χ1v) is 5.31. The fourth-order valence-electron chi connectivity index (χ4n) is 1.19. The summed E-state index contributed by atoms with van der Waals surface area (Å²) in [5.41, 5.74) is 4.97. The minimum atomic E-state index is -1.03. The predicted octanol–water partition coefficient (Wildman–Crippen LogP) is 0.900. The van der Waals surface area contributed by atoms with E-state index in [1.807, 2.05) is 30.3 Å². The number of carbonyl (C=O) groups is 2. The third kappa shape index (κ3) is 5.05. The molecule has 0 spiro atoms. The summed E-state index contributed by atoms with van der Waals surface area (Å²) in [5.74, 6) is -0.844. The monoisotopic (exact) mass is 271 g/mol. The van der Waals surface area contributed by atoms with Crippen molar-refractivity contribution in [1.82, 2.24) is 5.32 Å². The van der Waals surface area contributed by atoms with Crippen molar-refractivity contribution in [2.45, 2.75) is 19.4 Å². The first kappa shape index (κ1) is 16.2. The molecule has 1 aromatic rings. The van der Waals surface area contributed by atoms with Gasteiger partial charge in [0.15, 0.2) is 0 Å². The maximum absolute atomic E-state index is 11.6. The minimum Gasteiger partial charge on any atom is -0.376 e. The summed E-state index contributed by atoms with van der Waals surface area (Å²) < 4.78 is 0. The maximum Gasteiger partial charge on any atom is 0.242 e. The van der Waals surface area contributed by atoms with Crippen LogP contribution in [0.1, 0.15) is 13.8 Å². The number of hydrogen-bond donors (Lipinski definition) is 3. The third-order valence-electron chi connectivity index (χ3n) is 2.29. The first-order valence-electron chi connectivity index (χ1n) is 5.31. The summed E-state index contributed by atoms with van der Waals surface area (Å²) in [4.78, 5) is 22.6. The van der Waals surface area contributed by atoms with Gasteiger partial charge in [-0.1, -0.05) is 18.2 Å². The van der Waals surface area contributed by atoms with E-state index in [1.165, 1.54) is 0 Å². The Hall–Kier alpha value is -1.75. The molecule has 0 fully saturated rings. The number of para-hydroxylation sites is 1. The largest absolute Gasteiger partial charge is 0.376 e. The Balaban J connectivity index is 0.00000289. The van der Waals surface area contributed by atoms with Gasteiger partial charge in [0, 0.05) is 5.69 Å². The Bertz CT molecular complexity index is 407. The van der Waals surface area contributed by atoms with E-state index in [9.17, 15) is 9.59 Å². The van der Waals surface area contributed by atoms with Crippen LogP contribution in [0.3, 0.4) is 0 Å². The van der Waals surface area contributed by atoms with Crippen molar-refractivity contribution in [3.63, 3.8) is 0 Å². The molecule has 4 N–H and O–H groups in total. The lowest BCUT2D eigenvalue weighted by Crippen LogP contribution is -2.54. The van der Waals surface area contributed by atoms with Crippen LogP contribution in [0.25, 0.3) is 0 Å². The number of hydrogen-bond acceptors (Lipinski definition) is 3. The van der Waals surface area contributed by atoms with Gasteiger partial charge in [-0.25, -0.2) is 0 Å². The smallest absolute Gasteiger partial charge is 0.242 e. The van der Waals surface area contributed by atoms with E-state index in [0.29, 0.717) is 0 Å². The number of carbonyl (C=O) groups excluding carboxylic acids is 2. The highest BCUT2D eigenvalue weighted by atomic mass is 35.5. The molecular formula is C12H18ClN3O2. The minimum absolute atomic E-state index is 0. The number of anilines is 1. The molecule has 0 bridgehead atoms. The van der Waals surface area contributed by atoms with E-state index < -0.39 is 11.4 Å². The van der Waals surface area contributed by atoms with Gasteiger partial charge in [-0.15, -0.1) is 12.4 Å². The zero-order valence-electron chi connectivity index (χ0n) is 10.4. The highest BCUT2D eigenvalue weighted by molar-refractivity contribution is 5.91. The standard InChI is InChI=1S/C12H17N3O2.ClH/c1-12(2,11(13)17)15-10(16)8-14-9-6-4-3-5-7-9;/h3-7,14H,8H2,1-2H3,(H2,13,17)(H,15,16);1H. The van der Waals surface area contributed by atoms with E-state index in [0.717, 1.165) is 5.69 Å². The van der Waals surface area contributed by atoms with Crippen LogP contribution in [-0.4, -0.2) is 23.9 Å². The van der Waals surface area contributed by atoms with E-state index in [-0.39, 0.29) is 24.9 Å². The number of benzene rings is 1. The summed E-state index contributed by atoms with van der Waals surface area (Å²) in [5, 5.41) is 5.49. The Labute approximate surface area is 113 Å². The molecule has 0 aromatic heterocycles.